The molecule has 0 aromatic carbocycles. The van der Waals surface area contributed by atoms with Crippen LogP contribution >= 0.6 is 23.1 Å². The summed E-state index contributed by atoms with van der Waals surface area (Å²) in [6.07, 6.45) is 6.01. The van der Waals surface area contributed by atoms with E-state index >= 15 is 0 Å². The highest BCUT2D eigenvalue weighted by molar-refractivity contribution is 7.97. The minimum absolute atomic E-state index is 0.204. The molecule has 1 aliphatic rings. The van der Waals surface area contributed by atoms with Crippen LogP contribution in [0, 0.1) is 0 Å². The lowest BCUT2D eigenvalue weighted by atomic mass is 9.90. The monoisotopic (exact) mass is 284 g/mol. The molecule has 1 aromatic rings. The third-order valence-electron chi connectivity index (χ3n) is 3.26. The number of thiazole rings is 1. The van der Waals surface area contributed by atoms with E-state index in [0.717, 1.165) is 12.3 Å². The Kier molecular flexibility index (Phi) is 4.73. The van der Waals surface area contributed by atoms with E-state index in [4.69, 9.17) is 4.98 Å². The van der Waals surface area contributed by atoms with Gasteiger partial charge in [-0.25, -0.2) is 4.98 Å². The number of thioether (sulfide) groups is 1. The molecule has 0 radical (unpaired) electrons. The number of nitrogens with zero attached hydrogens (tertiary/aromatic N) is 1. The summed E-state index contributed by atoms with van der Waals surface area (Å²) in [5.74, 6) is 1.69. The standard InChI is InChI=1S/C14H24N2S2/c1-14(2,3)15-8-10-6-5-7-11-13(10)16-12(18-11)9-17-4/h10,15H,5-9H2,1-4H3. The Morgan fingerprint density at radius 2 is 2.22 bits per heavy atom. The number of hydrogen-bond acceptors (Lipinski definition) is 4. The van der Waals surface area contributed by atoms with Crippen LogP contribution in [0.4, 0.5) is 0 Å². The van der Waals surface area contributed by atoms with Crippen molar-refractivity contribution in [3.63, 3.8) is 0 Å². The number of fused-ring (bicyclic) bond motifs is 1. The van der Waals surface area contributed by atoms with E-state index in [1.807, 2.05) is 23.1 Å². The molecule has 0 aliphatic heterocycles. The molecule has 0 saturated heterocycles. The Labute approximate surface area is 119 Å². The van der Waals surface area contributed by atoms with E-state index in [1.54, 1.807) is 4.88 Å². The summed E-state index contributed by atoms with van der Waals surface area (Å²) in [5, 5.41) is 4.95. The molecular formula is C14H24N2S2. The summed E-state index contributed by atoms with van der Waals surface area (Å²) in [6, 6.07) is 0. The predicted molar refractivity (Wildman–Crippen MR) is 82.8 cm³/mol. The largest absolute Gasteiger partial charge is 0.311 e. The fourth-order valence-corrected chi connectivity index (χ4v) is 4.26. The van der Waals surface area contributed by atoms with Crippen LogP contribution < -0.4 is 5.32 Å². The van der Waals surface area contributed by atoms with Crippen LogP contribution in [-0.2, 0) is 12.2 Å². The quantitative estimate of drug-likeness (QED) is 0.910. The van der Waals surface area contributed by atoms with Crippen molar-refractivity contribution in [1.29, 1.82) is 0 Å². The van der Waals surface area contributed by atoms with Crippen LogP contribution in [0.15, 0.2) is 0 Å². The highest BCUT2D eigenvalue weighted by Gasteiger charge is 2.25. The number of aromatic nitrogens is 1. The molecular weight excluding hydrogens is 260 g/mol. The summed E-state index contributed by atoms with van der Waals surface area (Å²) < 4.78 is 0. The Bertz CT molecular complexity index is 393. The molecule has 1 aliphatic carbocycles. The SMILES string of the molecule is CSCc1nc2c(s1)CCCC2CNC(C)(C)C. The maximum atomic E-state index is 4.88. The van der Waals surface area contributed by atoms with E-state index in [1.165, 1.54) is 30.0 Å². The van der Waals surface area contributed by atoms with Gasteiger partial charge in [-0.1, -0.05) is 0 Å². The molecule has 2 nitrogen and oxygen atoms in total. The van der Waals surface area contributed by atoms with Crippen molar-refractivity contribution >= 4 is 23.1 Å². The summed E-state index contributed by atoms with van der Waals surface area (Å²) in [6.45, 7) is 7.77. The van der Waals surface area contributed by atoms with Crippen molar-refractivity contribution in [3.05, 3.63) is 15.6 Å². The predicted octanol–water partition coefficient (Wildman–Crippen LogP) is 3.81. The lowest BCUT2D eigenvalue weighted by Crippen LogP contribution is -2.39. The van der Waals surface area contributed by atoms with Gasteiger partial charge in [0.05, 0.1) is 5.69 Å². The molecule has 0 spiro atoms. The van der Waals surface area contributed by atoms with Gasteiger partial charge in [0.25, 0.3) is 0 Å². The van der Waals surface area contributed by atoms with Gasteiger partial charge < -0.3 is 5.32 Å². The zero-order chi connectivity index (χ0) is 13.2. The Morgan fingerprint density at radius 3 is 2.89 bits per heavy atom. The number of nitrogens with one attached hydrogen (secondary N) is 1. The second kappa shape index (κ2) is 5.93. The first-order chi connectivity index (χ1) is 8.49. The van der Waals surface area contributed by atoms with Gasteiger partial charge in [0, 0.05) is 28.6 Å². The molecule has 1 unspecified atom stereocenters. The molecule has 0 saturated carbocycles. The second-order valence-corrected chi connectivity index (χ2v) is 8.10. The van der Waals surface area contributed by atoms with Gasteiger partial charge in [-0.3, -0.25) is 0 Å². The summed E-state index contributed by atoms with van der Waals surface area (Å²) >= 11 is 3.81. The molecule has 0 fully saturated rings. The number of hydrogen-bond donors (Lipinski definition) is 1. The van der Waals surface area contributed by atoms with E-state index in [-0.39, 0.29) is 5.54 Å². The van der Waals surface area contributed by atoms with Gasteiger partial charge in [-0.2, -0.15) is 11.8 Å². The lowest BCUT2D eigenvalue weighted by Gasteiger charge is -2.27. The average molecular weight is 284 g/mol. The molecule has 18 heavy (non-hydrogen) atoms. The van der Waals surface area contributed by atoms with Crippen molar-refractivity contribution in [2.45, 2.75) is 57.2 Å². The molecule has 1 atom stereocenters. The Hall–Kier alpha value is -0.0600. The maximum absolute atomic E-state index is 4.88. The van der Waals surface area contributed by atoms with Gasteiger partial charge >= 0.3 is 0 Å². The van der Waals surface area contributed by atoms with Crippen LogP contribution in [0.1, 0.15) is 55.1 Å². The summed E-state index contributed by atoms with van der Waals surface area (Å²) in [5.41, 5.74) is 1.60. The minimum atomic E-state index is 0.204. The topological polar surface area (TPSA) is 24.9 Å². The lowest BCUT2D eigenvalue weighted by molar-refractivity contribution is 0.388. The third kappa shape index (κ3) is 3.72. The highest BCUT2D eigenvalue weighted by Crippen LogP contribution is 2.35. The van der Waals surface area contributed by atoms with Crippen molar-refractivity contribution in [1.82, 2.24) is 10.3 Å². The third-order valence-corrected chi connectivity index (χ3v) is 5.14. The van der Waals surface area contributed by atoms with Crippen molar-refractivity contribution in [3.8, 4) is 0 Å². The first-order valence-electron chi connectivity index (χ1n) is 6.72. The zero-order valence-electron chi connectivity index (χ0n) is 11.9. The van der Waals surface area contributed by atoms with E-state index < -0.39 is 0 Å². The van der Waals surface area contributed by atoms with Crippen LogP contribution in [0.3, 0.4) is 0 Å². The van der Waals surface area contributed by atoms with Crippen LogP contribution in [0.25, 0.3) is 0 Å². The number of rotatable bonds is 4. The van der Waals surface area contributed by atoms with Gasteiger partial charge in [0.1, 0.15) is 5.01 Å². The van der Waals surface area contributed by atoms with Gasteiger partial charge in [-0.05, 0) is 46.3 Å². The summed E-state index contributed by atoms with van der Waals surface area (Å²) in [7, 11) is 0. The zero-order valence-corrected chi connectivity index (χ0v) is 13.5. The van der Waals surface area contributed by atoms with Crippen LogP contribution in [0.2, 0.25) is 0 Å². The Morgan fingerprint density at radius 1 is 1.44 bits per heavy atom. The maximum Gasteiger partial charge on any atom is 0.103 e. The Balaban J connectivity index is 2.07. The van der Waals surface area contributed by atoms with E-state index in [9.17, 15) is 0 Å². The van der Waals surface area contributed by atoms with Gasteiger partial charge in [0.15, 0.2) is 0 Å². The molecule has 102 valence electrons. The normalized spacial score (nSPS) is 19.9. The molecule has 1 N–H and O–H groups in total. The van der Waals surface area contributed by atoms with Gasteiger partial charge in [-0.15, -0.1) is 11.3 Å². The minimum Gasteiger partial charge on any atom is -0.311 e. The van der Waals surface area contributed by atoms with Crippen LogP contribution in [0.5, 0.6) is 0 Å². The first kappa shape index (κ1) is 14.4. The number of aryl methyl sites for hydroxylation is 1. The molecule has 2 rings (SSSR count). The fourth-order valence-electron chi connectivity index (χ4n) is 2.37. The summed E-state index contributed by atoms with van der Waals surface area (Å²) in [4.78, 5) is 6.43. The van der Waals surface area contributed by atoms with Crippen molar-refractivity contribution < 1.29 is 0 Å². The van der Waals surface area contributed by atoms with Crippen LogP contribution in [-0.4, -0.2) is 23.3 Å². The van der Waals surface area contributed by atoms with Crippen molar-refractivity contribution in [2.24, 2.45) is 0 Å². The molecule has 0 amide bonds. The van der Waals surface area contributed by atoms with Gasteiger partial charge in [0.2, 0.25) is 0 Å². The highest BCUT2D eigenvalue weighted by atomic mass is 32.2. The first-order valence-corrected chi connectivity index (χ1v) is 8.93. The smallest absolute Gasteiger partial charge is 0.103 e. The molecule has 4 heteroatoms. The van der Waals surface area contributed by atoms with E-state index in [2.05, 4.69) is 32.3 Å². The fraction of sp³-hybridized carbons (Fsp3) is 0.786. The molecule has 1 aromatic heterocycles. The van der Waals surface area contributed by atoms with E-state index in [0.29, 0.717) is 5.92 Å². The molecule has 1 heterocycles. The molecule has 0 bridgehead atoms. The second-order valence-electron chi connectivity index (χ2n) is 6.07. The average Bonchev–Trinajstić information content (AvgIpc) is 2.68. The van der Waals surface area contributed by atoms with Crippen molar-refractivity contribution in [2.75, 3.05) is 12.8 Å².